The highest BCUT2D eigenvalue weighted by Crippen LogP contribution is 2.36. The van der Waals surface area contributed by atoms with Crippen molar-refractivity contribution in [2.24, 2.45) is 0 Å². The molecule has 2 aromatic heterocycles. The van der Waals surface area contributed by atoms with E-state index in [1.165, 1.54) is 19.3 Å². The number of fused-ring (bicyclic) bond motifs is 1. The molecule has 6 rings (SSSR count). The van der Waals surface area contributed by atoms with E-state index in [1.807, 2.05) is 35.0 Å². The summed E-state index contributed by atoms with van der Waals surface area (Å²) in [6.45, 7) is 3.76. The third kappa shape index (κ3) is 5.17. The van der Waals surface area contributed by atoms with Crippen molar-refractivity contribution in [1.29, 1.82) is 0 Å². The highest BCUT2D eigenvalue weighted by atomic mass is 16.5. The van der Waals surface area contributed by atoms with Crippen molar-refractivity contribution in [2.45, 2.75) is 82.4 Å². The summed E-state index contributed by atoms with van der Waals surface area (Å²) in [5, 5.41) is 8.00. The smallest absolute Gasteiger partial charge is 0.251 e. The fourth-order valence-corrected chi connectivity index (χ4v) is 5.65. The molecule has 3 fully saturated rings. The number of nitrogens with zero attached hydrogens (tertiary/aromatic N) is 4. The van der Waals surface area contributed by atoms with E-state index in [4.69, 9.17) is 19.6 Å². The Kier molecular flexibility index (Phi) is 6.53. The van der Waals surface area contributed by atoms with Gasteiger partial charge in [-0.05, 0) is 70.4 Å². The Labute approximate surface area is 218 Å². The minimum atomic E-state index is -0.204. The number of rotatable bonds is 7. The summed E-state index contributed by atoms with van der Waals surface area (Å²) in [5.41, 5.74) is 4.13. The van der Waals surface area contributed by atoms with Gasteiger partial charge >= 0.3 is 0 Å². The molecular weight excluding hydrogens is 466 g/mol. The van der Waals surface area contributed by atoms with Gasteiger partial charge in [0.25, 0.3) is 5.91 Å². The molecule has 0 radical (unpaired) electrons. The second-order valence-electron chi connectivity index (χ2n) is 11.1. The average Bonchev–Trinajstić information content (AvgIpc) is 3.64. The Morgan fingerprint density at radius 2 is 1.84 bits per heavy atom. The summed E-state index contributed by atoms with van der Waals surface area (Å²) >= 11 is 0. The molecular formula is C29H37N5O3. The van der Waals surface area contributed by atoms with Crippen LogP contribution in [0.1, 0.15) is 75.1 Å². The molecule has 3 aliphatic rings. The lowest BCUT2D eigenvalue weighted by Crippen LogP contribution is -2.37. The number of benzene rings is 1. The highest BCUT2D eigenvalue weighted by molar-refractivity contribution is 5.95. The first kappa shape index (κ1) is 24.2. The highest BCUT2D eigenvalue weighted by Gasteiger charge is 2.31. The van der Waals surface area contributed by atoms with E-state index in [-0.39, 0.29) is 11.5 Å². The van der Waals surface area contributed by atoms with Crippen molar-refractivity contribution in [3.05, 3.63) is 42.1 Å². The zero-order valence-corrected chi connectivity index (χ0v) is 21.9. The van der Waals surface area contributed by atoms with Crippen molar-refractivity contribution in [1.82, 2.24) is 19.9 Å². The lowest BCUT2D eigenvalue weighted by molar-refractivity contribution is 0.0429. The number of carbonyl (C=O) groups excluding carboxylic acids is 1. The quantitative estimate of drug-likeness (QED) is 0.488. The molecule has 1 saturated heterocycles. The van der Waals surface area contributed by atoms with Crippen molar-refractivity contribution >= 4 is 17.2 Å². The molecule has 37 heavy (non-hydrogen) atoms. The first-order valence-corrected chi connectivity index (χ1v) is 13.8. The normalized spacial score (nSPS) is 20.1. The van der Waals surface area contributed by atoms with Crippen LogP contribution in [-0.2, 0) is 4.74 Å². The van der Waals surface area contributed by atoms with E-state index in [0.29, 0.717) is 23.5 Å². The van der Waals surface area contributed by atoms with Crippen molar-refractivity contribution in [3.8, 4) is 17.1 Å². The van der Waals surface area contributed by atoms with Gasteiger partial charge in [0.1, 0.15) is 5.60 Å². The number of hydrogen-bond donors (Lipinski definition) is 1. The summed E-state index contributed by atoms with van der Waals surface area (Å²) in [6, 6.07) is 10.5. The van der Waals surface area contributed by atoms with Crippen LogP contribution in [0.25, 0.3) is 16.9 Å². The van der Waals surface area contributed by atoms with Gasteiger partial charge < -0.3 is 19.7 Å². The van der Waals surface area contributed by atoms with Crippen molar-refractivity contribution in [2.75, 3.05) is 25.2 Å². The summed E-state index contributed by atoms with van der Waals surface area (Å²) in [5.74, 6) is 0.618. The molecule has 8 heteroatoms. The Balaban J connectivity index is 1.36. The molecule has 3 heterocycles. The van der Waals surface area contributed by atoms with Crippen LogP contribution >= 0.6 is 0 Å². The maximum atomic E-state index is 12.5. The summed E-state index contributed by atoms with van der Waals surface area (Å²) in [4.78, 5) is 19.6. The van der Waals surface area contributed by atoms with Gasteiger partial charge in [0, 0.05) is 49.5 Å². The lowest BCUT2D eigenvalue weighted by atomic mass is 9.86. The second-order valence-corrected chi connectivity index (χ2v) is 11.1. The van der Waals surface area contributed by atoms with Crippen LogP contribution in [0.2, 0.25) is 0 Å². The maximum Gasteiger partial charge on any atom is 0.251 e. The molecule has 2 saturated carbocycles. The minimum absolute atomic E-state index is 0.0119. The molecule has 0 bridgehead atoms. The molecule has 0 atom stereocenters. The van der Waals surface area contributed by atoms with Gasteiger partial charge in [0.2, 0.25) is 5.88 Å². The van der Waals surface area contributed by atoms with E-state index < -0.39 is 0 Å². The molecule has 8 nitrogen and oxygen atoms in total. The SMILES string of the molecule is CN(c1cc(OC2(C)CCCCC2)nn2c(-c3ccc(C(=O)NC4CC4)cc3)cnc12)C1CCOCC1. The molecule has 0 unspecified atom stereocenters. The molecule has 3 aromatic rings. The Bertz CT molecular complexity index is 1250. The molecule has 2 aliphatic carbocycles. The molecule has 196 valence electrons. The summed E-state index contributed by atoms with van der Waals surface area (Å²) in [6.07, 6.45) is 11.7. The summed E-state index contributed by atoms with van der Waals surface area (Å²) in [7, 11) is 2.14. The van der Waals surface area contributed by atoms with E-state index in [9.17, 15) is 4.79 Å². The zero-order valence-electron chi connectivity index (χ0n) is 21.9. The van der Waals surface area contributed by atoms with Crippen LogP contribution < -0.4 is 15.0 Å². The number of amides is 1. The predicted molar refractivity (Wildman–Crippen MR) is 143 cm³/mol. The number of nitrogens with one attached hydrogen (secondary N) is 1. The third-order valence-corrected chi connectivity index (χ3v) is 8.16. The van der Waals surface area contributed by atoms with Crippen molar-refractivity contribution in [3.63, 3.8) is 0 Å². The van der Waals surface area contributed by atoms with E-state index in [0.717, 1.165) is 74.3 Å². The monoisotopic (exact) mass is 503 g/mol. The number of anilines is 1. The van der Waals surface area contributed by atoms with Gasteiger partial charge in [-0.15, -0.1) is 5.10 Å². The molecule has 1 aromatic carbocycles. The first-order valence-electron chi connectivity index (χ1n) is 13.8. The van der Waals surface area contributed by atoms with Gasteiger partial charge in [-0.2, -0.15) is 0 Å². The zero-order chi connectivity index (χ0) is 25.4. The Morgan fingerprint density at radius 1 is 1.11 bits per heavy atom. The number of aromatic nitrogens is 3. The number of hydrogen-bond acceptors (Lipinski definition) is 6. The number of ether oxygens (including phenoxy) is 2. The fraction of sp³-hybridized carbons (Fsp3) is 0.552. The van der Waals surface area contributed by atoms with E-state index in [2.05, 4.69) is 30.3 Å². The van der Waals surface area contributed by atoms with E-state index in [1.54, 1.807) is 0 Å². The Hall–Kier alpha value is -3.13. The van der Waals surface area contributed by atoms with Gasteiger partial charge in [-0.3, -0.25) is 4.79 Å². The van der Waals surface area contributed by atoms with Gasteiger partial charge in [-0.25, -0.2) is 9.50 Å². The van der Waals surface area contributed by atoms with Crippen molar-refractivity contribution < 1.29 is 14.3 Å². The van der Waals surface area contributed by atoms with Crippen LogP contribution in [0.15, 0.2) is 36.5 Å². The average molecular weight is 504 g/mol. The van der Waals surface area contributed by atoms with Crippen LogP contribution in [0.4, 0.5) is 5.69 Å². The molecule has 1 aliphatic heterocycles. The maximum absolute atomic E-state index is 12.5. The standard InChI is InChI=1S/C29H37N5O3/c1-29(14-4-3-5-15-29)37-26-18-24(33(2)23-12-16-36-17-13-23)27-30-19-25(34(27)32-26)20-6-8-21(9-7-20)28(35)31-22-10-11-22/h6-9,18-19,22-23H,3-5,10-17H2,1-2H3,(H,31,35). The second kappa shape index (κ2) is 9.97. The summed E-state index contributed by atoms with van der Waals surface area (Å²) < 4.78 is 14.1. The largest absolute Gasteiger partial charge is 0.470 e. The lowest BCUT2D eigenvalue weighted by Gasteiger charge is -2.35. The molecule has 1 N–H and O–H groups in total. The van der Waals surface area contributed by atoms with E-state index >= 15 is 0 Å². The molecule has 0 spiro atoms. The predicted octanol–water partition coefficient (Wildman–Crippen LogP) is 5.01. The fourth-order valence-electron chi connectivity index (χ4n) is 5.65. The van der Waals surface area contributed by atoms with Gasteiger partial charge in [0.15, 0.2) is 5.65 Å². The van der Waals surface area contributed by atoms with Gasteiger partial charge in [-0.1, -0.05) is 18.6 Å². The van der Waals surface area contributed by atoms with Crippen LogP contribution in [0.3, 0.4) is 0 Å². The topological polar surface area (TPSA) is 81.0 Å². The minimum Gasteiger partial charge on any atom is -0.470 e. The van der Waals surface area contributed by atoms with Crippen LogP contribution in [-0.4, -0.2) is 58.5 Å². The number of carbonyl (C=O) groups is 1. The first-order chi connectivity index (χ1) is 18.0. The Morgan fingerprint density at radius 3 is 2.54 bits per heavy atom. The molecule has 1 amide bonds. The number of imidazole rings is 1. The van der Waals surface area contributed by atoms with Gasteiger partial charge in [0.05, 0.1) is 17.6 Å². The third-order valence-electron chi connectivity index (χ3n) is 8.16. The van der Waals surface area contributed by atoms with Crippen LogP contribution in [0, 0.1) is 0 Å². The van der Waals surface area contributed by atoms with Crippen LogP contribution in [0.5, 0.6) is 5.88 Å².